The zero-order valence-electron chi connectivity index (χ0n) is 11.3. The van der Waals surface area contributed by atoms with Gasteiger partial charge in [-0.3, -0.25) is 19.5 Å². The SMILES string of the molecule is CC1CCC(C#N)(N2C(=O)c3ccncc3C2=O)CC1. The molecule has 0 unspecified atom stereocenters. The third-order valence-electron chi connectivity index (χ3n) is 4.43. The van der Waals surface area contributed by atoms with Gasteiger partial charge in [-0.1, -0.05) is 6.92 Å². The van der Waals surface area contributed by atoms with Crippen molar-refractivity contribution in [3.63, 3.8) is 0 Å². The van der Waals surface area contributed by atoms with E-state index in [1.54, 1.807) is 6.07 Å². The standard InChI is InChI=1S/C15H15N3O2/c1-10-2-5-15(9-16,6-3-10)18-13(19)11-4-7-17-8-12(11)14(18)20/h4,7-8,10H,2-3,5-6H2,1H3. The van der Waals surface area contributed by atoms with Crippen LogP contribution in [0.1, 0.15) is 53.3 Å². The molecule has 0 aromatic carbocycles. The highest BCUT2D eigenvalue weighted by molar-refractivity contribution is 6.21. The Morgan fingerprint density at radius 3 is 2.55 bits per heavy atom. The molecule has 5 nitrogen and oxygen atoms in total. The number of amides is 2. The number of hydrogen-bond acceptors (Lipinski definition) is 4. The van der Waals surface area contributed by atoms with Crippen molar-refractivity contribution >= 4 is 11.8 Å². The van der Waals surface area contributed by atoms with E-state index in [-0.39, 0.29) is 11.8 Å². The zero-order chi connectivity index (χ0) is 14.3. The van der Waals surface area contributed by atoms with Gasteiger partial charge in [0.25, 0.3) is 11.8 Å². The number of aromatic nitrogens is 1. The molecule has 0 bridgehead atoms. The van der Waals surface area contributed by atoms with Crippen LogP contribution >= 0.6 is 0 Å². The minimum Gasteiger partial charge on any atom is -0.269 e. The summed E-state index contributed by atoms with van der Waals surface area (Å²) in [4.78, 5) is 30.0. The predicted molar refractivity (Wildman–Crippen MR) is 70.7 cm³/mol. The molecule has 1 saturated carbocycles. The summed E-state index contributed by atoms with van der Waals surface area (Å²) in [6.07, 6.45) is 5.74. The Morgan fingerprint density at radius 2 is 1.95 bits per heavy atom. The van der Waals surface area contributed by atoms with Crippen LogP contribution in [-0.2, 0) is 0 Å². The molecule has 20 heavy (non-hydrogen) atoms. The van der Waals surface area contributed by atoms with Gasteiger partial charge < -0.3 is 0 Å². The summed E-state index contributed by atoms with van der Waals surface area (Å²) in [7, 11) is 0. The van der Waals surface area contributed by atoms with Crippen LogP contribution in [0.15, 0.2) is 18.5 Å². The fourth-order valence-corrected chi connectivity index (χ4v) is 3.10. The third kappa shape index (κ3) is 1.64. The van der Waals surface area contributed by atoms with E-state index in [9.17, 15) is 14.9 Å². The molecule has 2 amide bonds. The van der Waals surface area contributed by atoms with Gasteiger partial charge in [-0.15, -0.1) is 0 Å². The minimum atomic E-state index is -0.986. The zero-order valence-corrected chi connectivity index (χ0v) is 11.3. The fraction of sp³-hybridized carbons (Fsp3) is 0.467. The Hall–Kier alpha value is -2.22. The van der Waals surface area contributed by atoms with E-state index in [4.69, 9.17) is 0 Å². The molecule has 1 aliphatic heterocycles. The van der Waals surface area contributed by atoms with Gasteiger partial charge in [-0.05, 0) is 37.7 Å². The summed E-state index contributed by atoms with van der Waals surface area (Å²) in [5.41, 5.74) is -0.316. The van der Waals surface area contributed by atoms with E-state index >= 15 is 0 Å². The molecule has 1 fully saturated rings. The monoisotopic (exact) mass is 269 g/mol. The molecule has 0 radical (unpaired) electrons. The lowest BCUT2D eigenvalue weighted by Gasteiger charge is -2.39. The number of nitriles is 1. The molecular weight excluding hydrogens is 254 g/mol. The minimum absolute atomic E-state index is 0.311. The summed E-state index contributed by atoms with van der Waals surface area (Å²) < 4.78 is 0. The van der Waals surface area contributed by atoms with Crippen molar-refractivity contribution in [2.75, 3.05) is 0 Å². The van der Waals surface area contributed by atoms with Crippen molar-refractivity contribution in [1.82, 2.24) is 9.88 Å². The first kappa shape index (κ1) is 12.8. The third-order valence-corrected chi connectivity index (χ3v) is 4.43. The summed E-state index contributed by atoms with van der Waals surface area (Å²) in [6, 6.07) is 3.79. The molecule has 5 heteroatoms. The van der Waals surface area contributed by atoms with E-state index in [0.29, 0.717) is 29.9 Å². The van der Waals surface area contributed by atoms with Crippen LogP contribution in [0.4, 0.5) is 0 Å². The maximum absolute atomic E-state index is 12.5. The first-order valence-corrected chi connectivity index (χ1v) is 6.83. The Labute approximate surface area is 117 Å². The van der Waals surface area contributed by atoms with Crippen LogP contribution in [0, 0.1) is 17.2 Å². The van der Waals surface area contributed by atoms with Crippen LogP contribution in [0.3, 0.4) is 0 Å². The average Bonchev–Trinajstić information content (AvgIpc) is 2.74. The summed E-state index contributed by atoms with van der Waals surface area (Å²) in [6.45, 7) is 2.13. The Balaban J connectivity index is 2.02. The smallest absolute Gasteiger partial charge is 0.264 e. The molecule has 2 heterocycles. The van der Waals surface area contributed by atoms with Gasteiger partial charge in [-0.2, -0.15) is 5.26 Å². The maximum Gasteiger partial charge on any atom is 0.264 e. The predicted octanol–water partition coefficient (Wildman–Crippen LogP) is 2.15. The van der Waals surface area contributed by atoms with Crippen molar-refractivity contribution in [2.24, 2.45) is 5.92 Å². The van der Waals surface area contributed by atoms with E-state index in [2.05, 4.69) is 18.0 Å². The first-order chi connectivity index (χ1) is 9.59. The molecule has 1 aliphatic carbocycles. The van der Waals surface area contributed by atoms with Gasteiger partial charge in [0, 0.05) is 12.4 Å². The van der Waals surface area contributed by atoms with E-state index < -0.39 is 5.54 Å². The number of fused-ring (bicyclic) bond motifs is 1. The summed E-state index contributed by atoms with van der Waals surface area (Å²) in [5, 5.41) is 9.59. The number of carbonyl (C=O) groups excluding carboxylic acids is 2. The summed E-state index contributed by atoms with van der Waals surface area (Å²) in [5.74, 6) is -0.203. The molecule has 0 N–H and O–H groups in total. The molecule has 102 valence electrons. The van der Waals surface area contributed by atoms with Crippen LogP contribution < -0.4 is 0 Å². The van der Waals surface area contributed by atoms with Crippen LogP contribution in [0.2, 0.25) is 0 Å². The summed E-state index contributed by atoms with van der Waals surface area (Å²) >= 11 is 0. The molecule has 0 spiro atoms. The molecule has 1 aromatic heterocycles. The molecule has 1 aromatic rings. The average molecular weight is 269 g/mol. The topological polar surface area (TPSA) is 74.1 Å². The van der Waals surface area contributed by atoms with Gasteiger partial charge in [-0.25, -0.2) is 0 Å². The van der Waals surface area contributed by atoms with E-state index in [1.807, 2.05) is 0 Å². The molecular formula is C15H15N3O2. The Bertz CT molecular complexity index is 589. The number of hydrogen-bond donors (Lipinski definition) is 0. The van der Waals surface area contributed by atoms with Gasteiger partial charge in [0.1, 0.15) is 5.54 Å². The van der Waals surface area contributed by atoms with Crippen molar-refractivity contribution in [2.45, 2.75) is 38.1 Å². The molecule has 3 rings (SSSR count). The van der Waals surface area contributed by atoms with Crippen molar-refractivity contribution < 1.29 is 9.59 Å². The second kappa shape index (κ2) is 4.41. The maximum atomic E-state index is 12.5. The van der Waals surface area contributed by atoms with Crippen LogP contribution in [0.5, 0.6) is 0 Å². The van der Waals surface area contributed by atoms with E-state index in [1.165, 1.54) is 17.3 Å². The number of nitrogens with zero attached hydrogens (tertiary/aromatic N) is 3. The normalized spacial score (nSPS) is 29.2. The van der Waals surface area contributed by atoms with Gasteiger partial charge in [0.15, 0.2) is 0 Å². The van der Waals surface area contributed by atoms with Crippen LogP contribution in [0.25, 0.3) is 0 Å². The Morgan fingerprint density at radius 1 is 1.30 bits per heavy atom. The molecule has 0 atom stereocenters. The molecule has 0 saturated heterocycles. The second-order valence-electron chi connectivity index (χ2n) is 5.69. The van der Waals surface area contributed by atoms with Crippen molar-refractivity contribution in [1.29, 1.82) is 5.26 Å². The first-order valence-electron chi connectivity index (χ1n) is 6.83. The molecule has 2 aliphatic rings. The highest BCUT2D eigenvalue weighted by atomic mass is 16.2. The fourth-order valence-electron chi connectivity index (χ4n) is 3.10. The second-order valence-corrected chi connectivity index (χ2v) is 5.69. The van der Waals surface area contributed by atoms with Crippen LogP contribution in [-0.4, -0.2) is 27.2 Å². The lowest BCUT2D eigenvalue weighted by molar-refractivity contribution is 0.0421. The van der Waals surface area contributed by atoms with Gasteiger partial charge in [0.05, 0.1) is 17.2 Å². The highest BCUT2D eigenvalue weighted by Crippen LogP contribution is 2.40. The van der Waals surface area contributed by atoms with Crippen molar-refractivity contribution in [3.05, 3.63) is 29.6 Å². The van der Waals surface area contributed by atoms with E-state index in [0.717, 1.165) is 12.8 Å². The highest BCUT2D eigenvalue weighted by Gasteiger charge is 2.50. The number of pyridine rings is 1. The number of carbonyl (C=O) groups is 2. The lowest BCUT2D eigenvalue weighted by Crippen LogP contribution is -2.52. The van der Waals surface area contributed by atoms with Gasteiger partial charge >= 0.3 is 0 Å². The Kier molecular flexibility index (Phi) is 2.82. The lowest BCUT2D eigenvalue weighted by atomic mass is 9.77. The van der Waals surface area contributed by atoms with Crippen molar-refractivity contribution in [3.8, 4) is 6.07 Å². The quantitative estimate of drug-likeness (QED) is 0.732. The number of rotatable bonds is 1. The largest absolute Gasteiger partial charge is 0.269 e. The van der Waals surface area contributed by atoms with Gasteiger partial charge in [0.2, 0.25) is 0 Å². The number of imide groups is 1.